The number of hydrogen-bond acceptors (Lipinski definition) is 7. The van der Waals surface area contributed by atoms with E-state index in [0.717, 1.165) is 0 Å². The molecule has 2 N–H and O–H groups in total. The number of nitrogens with zero attached hydrogens (tertiary/aromatic N) is 2. The molecule has 3 fully saturated rings. The van der Waals surface area contributed by atoms with Crippen LogP contribution in [0.1, 0.15) is 49.1 Å². The second-order valence-corrected chi connectivity index (χ2v) is 10.3. The third-order valence-electron chi connectivity index (χ3n) is 6.92. The van der Waals surface area contributed by atoms with Crippen LogP contribution in [0.3, 0.4) is 0 Å². The number of carbonyl (C=O) groups excluding carboxylic acids is 1. The summed E-state index contributed by atoms with van der Waals surface area (Å²) in [5.41, 5.74) is -0.0119. The predicted octanol–water partition coefficient (Wildman–Crippen LogP) is 4.27. The van der Waals surface area contributed by atoms with Crippen molar-refractivity contribution in [3.63, 3.8) is 0 Å². The average molecular weight is 520 g/mol. The van der Waals surface area contributed by atoms with Gasteiger partial charge in [-0.1, -0.05) is 23.2 Å². The molecule has 3 saturated carbocycles. The Morgan fingerprint density at radius 2 is 2.00 bits per heavy atom. The Labute approximate surface area is 209 Å². The van der Waals surface area contributed by atoms with Crippen molar-refractivity contribution in [3.05, 3.63) is 69.6 Å². The molecule has 2 bridgehead atoms. The first kappa shape index (κ1) is 22.6. The highest BCUT2D eigenvalue weighted by Gasteiger charge is 2.72. The monoisotopic (exact) mass is 519 g/mol. The lowest BCUT2D eigenvalue weighted by Gasteiger charge is -2.68. The number of halogens is 3. The van der Waals surface area contributed by atoms with E-state index in [4.69, 9.17) is 37.1 Å². The van der Waals surface area contributed by atoms with E-state index in [0.29, 0.717) is 47.2 Å². The molecule has 4 aliphatic rings. The Hall–Kier alpha value is -2.88. The zero-order chi connectivity index (χ0) is 24.4. The van der Waals surface area contributed by atoms with Gasteiger partial charge in [-0.15, -0.1) is 10.2 Å². The Morgan fingerprint density at radius 1 is 1.20 bits per heavy atom. The second-order valence-electron chi connectivity index (χ2n) is 9.49. The first-order valence-electron chi connectivity index (χ1n) is 11.1. The Kier molecular flexibility index (Phi) is 5.21. The molecule has 3 aromatic rings. The number of benzene rings is 2. The van der Waals surface area contributed by atoms with Gasteiger partial charge < -0.3 is 24.3 Å². The van der Waals surface area contributed by atoms with Crippen LogP contribution in [0.15, 0.2) is 40.8 Å². The van der Waals surface area contributed by atoms with E-state index in [2.05, 4.69) is 15.5 Å². The van der Waals surface area contributed by atoms with Crippen molar-refractivity contribution in [3.8, 4) is 11.5 Å². The van der Waals surface area contributed by atoms with Crippen molar-refractivity contribution in [2.75, 3.05) is 0 Å². The van der Waals surface area contributed by atoms with Crippen LogP contribution in [0.25, 0.3) is 0 Å². The molecule has 35 heavy (non-hydrogen) atoms. The number of aromatic nitrogens is 2. The maximum absolute atomic E-state index is 13.6. The van der Waals surface area contributed by atoms with Gasteiger partial charge in [-0.3, -0.25) is 4.79 Å². The minimum Gasteiger partial charge on any atom is -0.484 e. The molecular weight excluding hydrogens is 500 g/mol. The van der Waals surface area contributed by atoms with E-state index in [-0.39, 0.29) is 40.8 Å². The topological polar surface area (TPSA) is 107 Å². The van der Waals surface area contributed by atoms with E-state index in [1.807, 2.05) is 0 Å². The van der Waals surface area contributed by atoms with Crippen LogP contribution in [0.2, 0.25) is 10.0 Å². The summed E-state index contributed by atoms with van der Waals surface area (Å²) in [5.74, 6) is 0.723. The van der Waals surface area contributed by atoms with Crippen molar-refractivity contribution in [2.45, 2.75) is 55.5 Å². The summed E-state index contributed by atoms with van der Waals surface area (Å²) in [6, 6.07) is 9.13. The Morgan fingerprint density at radius 3 is 2.77 bits per heavy atom. The van der Waals surface area contributed by atoms with Crippen LogP contribution in [0, 0.1) is 5.82 Å². The molecule has 2 atom stereocenters. The average Bonchev–Trinajstić information content (AvgIpc) is 3.25. The first-order chi connectivity index (χ1) is 16.7. The highest BCUT2D eigenvalue weighted by molar-refractivity contribution is 6.31. The lowest BCUT2D eigenvalue weighted by molar-refractivity contribution is -0.149. The predicted molar refractivity (Wildman–Crippen MR) is 122 cm³/mol. The molecule has 0 saturated heterocycles. The molecule has 1 aliphatic heterocycles. The van der Waals surface area contributed by atoms with Crippen LogP contribution >= 0.6 is 23.2 Å². The third-order valence-corrected chi connectivity index (χ3v) is 7.46. The van der Waals surface area contributed by atoms with E-state index in [1.54, 1.807) is 24.3 Å². The van der Waals surface area contributed by atoms with Gasteiger partial charge in [-0.25, -0.2) is 4.39 Å². The summed E-state index contributed by atoms with van der Waals surface area (Å²) in [4.78, 5) is 12.9. The lowest BCUT2D eigenvalue weighted by atomic mass is 9.39. The van der Waals surface area contributed by atoms with E-state index in [9.17, 15) is 14.3 Å². The maximum atomic E-state index is 13.6. The zero-order valence-electron chi connectivity index (χ0n) is 18.3. The smallest absolute Gasteiger partial charge is 0.261 e. The van der Waals surface area contributed by atoms with Crippen molar-refractivity contribution < 1.29 is 28.2 Å². The number of fused-ring (bicyclic) bond motifs is 1. The van der Waals surface area contributed by atoms with Gasteiger partial charge >= 0.3 is 0 Å². The Balaban J connectivity index is 1.04. The molecule has 0 spiro atoms. The molecule has 1 amide bonds. The molecule has 0 radical (unpaired) electrons. The van der Waals surface area contributed by atoms with Crippen molar-refractivity contribution in [2.24, 2.45) is 0 Å². The molecule has 8 nitrogen and oxygen atoms in total. The number of carbonyl (C=O) groups is 1. The summed E-state index contributed by atoms with van der Waals surface area (Å²) in [7, 11) is 0. The first-order valence-corrected chi connectivity index (χ1v) is 11.9. The van der Waals surface area contributed by atoms with Crippen molar-refractivity contribution >= 4 is 29.1 Å². The molecule has 2 aromatic carbocycles. The SMILES string of the molecule is O=C(NC12CC(c3nnc(COc4ccc(Cl)c(F)c4)o3)(C1)C2)[C@@H]1C[C@H](O)c2cc(Cl)ccc2O1. The number of aliphatic hydroxyl groups is 1. The molecule has 7 rings (SSSR count). The zero-order valence-corrected chi connectivity index (χ0v) is 19.8. The van der Waals surface area contributed by atoms with Crippen LogP contribution in [-0.2, 0) is 16.8 Å². The van der Waals surface area contributed by atoms with Gasteiger partial charge in [0, 0.05) is 28.6 Å². The highest BCUT2D eigenvalue weighted by Crippen LogP contribution is 2.67. The summed E-state index contributed by atoms with van der Waals surface area (Å²) >= 11 is 11.7. The minimum absolute atomic E-state index is 0.0000622. The number of aliphatic hydroxyl groups excluding tert-OH is 1. The number of nitrogens with one attached hydrogen (secondary N) is 1. The maximum Gasteiger partial charge on any atom is 0.261 e. The lowest BCUT2D eigenvalue weighted by Crippen LogP contribution is -2.77. The highest BCUT2D eigenvalue weighted by atomic mass is 35.5. The number of ether oxygens (including phenoxy) is 2. The van der Waals surface area contributed by atoms with E-state index in [1.165, 1.54) is 12.1 Å². The molecule has 1 aromatic heterocycles. The number of hydrogen-bond donors (Lipinski definition) is 2. The summed E-state index contributed by atoms with van der Waals surface area (Å²) < 4.78 is 30.7. The quantitative estimate of drug-likeness (QED) is 0.500. The van der Waals surface area contributed by atoms with Crippen LogP contribution < -0.4 is 14.8 Å². The van der Waals surface area contributed by atoms with Crippen molar-refractivity contribution in [1.82, 2.24) is 15.5 Å². The van der Waals surface area contributed by atoms with Gasteiger partial charge in [0.1, 0.15) is 17.3 Å². The molecule has 11 heteroatoms. The fourth-order valence-corrected chi connectivity index (χ4v) is 5.60. The van der Waals surface area contributed by atoms with Crippen LogP contribution in [0.4, 0.5) is 4.39 Å². The van der Waals surface area contributed by atoms with Gasteiger partial charge in [0.15, 0.2) is 12.7 Å². The van der Waals surface area contributed by atoms with Crippen LogP contribution in [0.5, 0.6) is 11.5 Å². The number of amides is 1. The molecule has 2 heterocycles. The number of rotatable bonds is 6. The molecule has 3 aliphatic carbocycles. The summed E-state index contributed by atoms with van der Waals surface area (Å²) in [6.07, 6.45) is 0.587. The molecule has 0 unspecified atom stereocenters. The van der Waals surface area contributed by atoms with Crippen molar-refractivity contribution in [1.29, 1.82) is 0 Å². The largest absolute Gasteiger partial charge is 0.484 e. The van der Waals surface area contributed by atoms with Gasteiger partial charge in [-0.05, 0) is 49.6 Å². The van der Waals surface area contributed by atoms with Gasteiger partial charge in [-0.2, -0.15) is 0 Å². The summed E-state index contributed by atoms with van der Waals surface area (Å²) in [5, 5.41) is 22.2. The third kappa shape index (κ3) is 3.91. The summed E-state index contributed by atoms with van der Waals surface area (Å²) in [6.45, 7) is 0.0000622. The fraction of sp³-hybridized carbons (Fsp3) is 0.375. The van der Waals surface area contributed by atoms with Gasteiger partial charge in [0.2, 0.25) is 5.89 Å². The molecule has 182 valence electrons. The van der Waals surface area contributed by atoms with E-state index >= 15 is 0 Å². The van der Waals surface area contributed by atoms with E-state index < -0.39 is 18.0 Å². The van der Waals surface area contributed by atoms with Gasteiger partial charge in [0.25, 0.3) is 11.8 Å². The second kappa shape index (κ2) is 8.08. The fourth-order valence-electron chi connectivity index (χ4n) is 5.31. The standard InChI is InChI=1S/C24H20Cl2FN3O5/c25-12-1-4-18-14(5-12)17(31)7-19(34-18)21(32)28-24-9-23(10-24,11-24)22-30-29-20(35-22)8-33-13-2-3-15(26)16(27)6-13/h1-6,17,19,31H,7-11H2,(H,28,32)/t17-,19-,23?,24?/m0/s1. The Bertz CT molecular complexity index is 1310. The van der Waals surface area contributed by atoms with Gasteiger partial charge in [0.05, 0.1) is 16.5 Å². The minimum atomic E-state index is -0.823. The van der Waals surface area contributed by atoms with Crippen LogP contribution in [-0.4, -0.2) is 32.9 Å². The molecular formula is C24H20Cl2FN3O5. The normalized spacial score (nSPS) is 28.2.